The quantitative estimate of drug-likeness (QED) is 0.726. The molecule has 18 heavy (non-hydrogen) atoms. The predicted molar refractivity (Wildman–Crippen MR) is 75.4 cm³/mol. The Morgan fingerprint density at radius 2 is 1.89 bits per heavy atom. The molecule has 0 saturated carbocycles. The van der Waals surface area contributed by atoms with E-state index < -0.39 is 0 Å². The van der Waals surface area contributed by atoms with Crippen molar-refractivity contribution in [1.82, 2.24) is 5.32 Å². The van der Waals surface area contributed by atoms with Gasteiger partial charge < -0.3 is 14.6 Å². The highest BCUT2D eigenvalue weighted by atomic mass is 16.6. The fourth-order valence-corrected chi connectivity index (χ4v) is 2.39. The second-order valence-corrected chi connectivity index (χ2v) is 7.41. The molecule has 1 unspecified atom stereocenters. The van der Waals surface area contributed by atoms with Crippen LogP contribution in [0.3, 0.4) is 0 Å². The Kier molecular flexibility index (Phi) is 3.91. The van der Waals surface area contributed by atoms with E-state index in [4.69, 9.17) is 9.31 Å². The van der Waals surface area contributed by atoms with E-state index in [-0.39, 0.29) is 17.9 Å². The van der Waals surface area contributed by atoms with Gasteiger partial charge in [0.2, 0.25) is 0 Å². The van der Waals surface area contributed by atoms with Gasteiger partial charge >= 0.3 is 7.12 Å². The molecule has 1 N–H and O–H groups in total. The first-order valence-electron chi connectivity index (χ1n) is 6.95. The van der Waals surface area contributed by atoms with Gasteiger partial charge in [-0.25, -0.2) is 0 Å². The van der Waals surface area contributed by atoms with Crippen LogP contribution in [0.25, 0.3) is 0 Å². The molecular formula is C14H26BNO2. The van der Waals surface area contributed by atoms with Crippen LogP contribution in [0.15, 0.2) is 11.5 Å². The largest absolute Gasteiger partial charge is 0.489 e. The summed E-state index contributed by atoms with van der Waals surface area (Å²) in [5, 5.41) is 3.56. The van der Waals surface area contributed by atoms with Gasteiger partial charge in [0.1, 0.15) is 0 Å². The minimum absolute atomic E-state index is 0.120. The van der Waals surface area contributed by atoms with Crippen LogP contribution in [0.5, 0.6) is 0 Å². The lowest BCUT2D eigenvalue weighted by atomic mass is 9.69. The number of hydrogen-bond donors (Lipinski definition) is 1. The van der Waals surface area contributed by atoms with Crippen molar-refractivity contribution >= 4 is 7.12 Å². The molecule has 0 aromatic heterocycles. The van der Waals surface area contributed by atoms with Crippen LogP contribution in [0.1, 0.15) is 41.0 Å². The average Bonchev–Trinajstić information content (AvgIpc) is 2.28. The van der Waals surface area contributed by atoms with Gasteiger partial charge in [0.05, 0.1) is 0 Å². The minimum Gasteiger partial charge on any atom is -0.407 e. The van der Waals surface area contributed by atoms with E-state index >= 15 is 0 Å². The summed E-state index contributed by atoms with van der Waals surface area (Å²) in [5.41, 5.74) is 1.69. The lowest BCUT2D eigenvalue weighted by Crippen LogP contribution is -2.47. The third-order valence-corrected chi connectivity index (χ3v) is 3.65. The summed E-state index contributed by atoms with van der Waals surface area (Å²) in [7, 11) is -0.120. The molecule has 2 heterocycles. The van der Waals surface area contributed by atoms with Gasteiger partial charge in [0.15, 0.2) is 0 Å². The number of rotatable bonds is 1. The fraction of sp³-hybridized carbons (Fsp3) is 0.857. The first-order chi connectivity index (χ1) is 8.28. The van der Waals surface area contributed by atoms with Gasteiger partial charge in [-0.1, -0.05) is 40.7 Å². The second-order valence-electron chi connectivity index (χ2n) is 7.41. The van der Waals surface area contributed by atoms with Crippen molar-refractivity contribution in [3.63, 3.8) is 0 Å². The van der Waals surface area contributed by atoms with Gasteiger partial charge in [0, 0.05) is 24.7 Å². The molecule has 0 spiro atoms. The molecule has 1 fully saturated rings. The first kappa shape index (κ1) is 14.1. The molecule has 2 aliphatic rings. The first-order valence-corrected chi connectivity index (χ1v) is 6.95. The highest BCUT2D eigenvalue weighted by molar-refractivity contribution is 6.53. The Hall–Kier alpha value is -0.315. The molecule has 0 radical (unpaired) electrons. The molecule has 1 saturated heterocycles. The van der Waals surface area contributed by atoms with E-state index in [0.29, 0.717) is 6.04 Å². The van der Waals surface area contributed by atoms with Crippen LogP contribution in [-0.4, -0.2) is 32.9 Å². The van der Waals surface area contributed by atoms with Crippen molar-refractivity contribution in [3.8, 4) is 0 Å². The summed E-state index contributed by atoms with van der Waals surface area (Å²) < 4.78 is 11.8. The van der Waals surface area contributed by atoms with E-state index in [1.54, 1.807) is 0 Å². The van der Waals surface area contributed by atoms with E-state index in [9.17, 15) is 0 Å². The maximum atomic E-state index is 5.88. The molecule has 0 amide bonds. The maximum absolute atomic E-state index is 5.88. The van der Waals surface area contributed by atoms with Crippen LogP contribution >= 0.6 is 0 Å². The zero-order valence-corrected chi connectivity index (χ0v) is 12.4. The Morgan fingerprint density at radius 3 is 2.44 bits per heavy atom. The summed E-state index contributed by atoms with van der Waals surface area (Å²) in [6.45, 7) is 13.7. The van der Waals surface area contributed by atoms with Crippen LogP contribution in [0.2, 0.25) is 0 Å². The Labute approximate surface area is 111 Å². The molecular weight excluding hydrogens is 225 g/mol. The van der Waals surface area contributed by atoms with E-state index in [0.717, 1.165) is 26.2 Å². The Bertz CT molecular complexity index is 323. The summed E-state index contributed by atoms with van der Waals surface area (Å²) in [5.74, 6) is 0. The van der Waals surface area contributed by atoms with E-state index in [2.05, 4.69) is 46.0 Å². The lowest BCUT2D eigenvalue weighted by Gasteiger charge is -2.37. The van der Waals surface area contributed by atoms with Gasteiger partial charge in [-0.05, 0) is 23.9 Å². The second kappa shape index (κ2) is 4.99. The normalized spacial score (nSPS) is 29.1. The van der Waals surface area contributed by atoms with Crippen molar-refractivity contribution in [1.29, 1.82) is 0 Å². The van der Waals surface area contributed by atoms with Crippen molar-refractivity contribution in [2.75, 3.05) is 19.8 Å². The molecule has 1 atom stereocenters. The lowest BCUT2D eigenvalue weighted by molar-refractivity contribution is 0.0315. The topological polar surface area (TPSA) is 30.5 Å². The van der Waals surface area contributed by atoms with Crippen molar-refractivity contribution in [3.05, 3.63) is 11.5 Å². The molecule has 0 aliphatic carbocycles. The summed E-state index contributed by atoms with van der Waals surface area (Å²) in [6.07, 6.45) is 3.34. The third-order valence-electron chi connectivity index (χ3n) is 3.65. The molecule has 3 nitrogen and oxygen atoms in total. The van der Waals surface area contributed by atoms with Crippen molar-refractivity contribution < 1.29 is 9.31 Å². The predicted octanol–water partition coefficient (Wildman–Crippen LogP) is 2.42. The van der Waals surface area contributed by atoms with Gasteiger partial charge in [-0.15, -0.1) is 0 Å². The number of hydrogen-bond acceptors (Lipinski definition) is 3. The minimum atomic E-state index is -0.120. The highest BCUT2D eigenvalue weighted by Crippen LogP contribution is 2.29. The molecule has 102 valence electrons. The molecule has 0 bridgehead atoms. The highest BCUT2D eigenvalue weighted by Gasteiger charge is 2.37. The molecule has 0 aromatic rings. The number of nitrogens with one attached hydrogen (secondary N) is 1. The zero-order chi connectivity index (χ0) is 13.4. The molecule has 2 rings (SSSR count). The smallest absolute Gasteiger partial charge is 0.407 e. The molecule has 2 aliphatic heterocycles. The third kappa shape index (κ3) is 3.37. The van der Waals surface area contributed by atoms with Gasteiger partial charge in [-0.2, -0.15) is 0 Å². The van der Waals surface area contributed by atoms with E-state index in [1.165, 1.54) is 5.47 Å². The van der Waals surface area contributed by atoms with E-state index in [1.807, 2.05) is 0 Å². The summed E-state index contributed by atoms with van der Waals surface area (Å²) >= 11 is 0. The maximum Gasteiger partial charge on any atom is 0.489 e. The zero-order valence-electron chi connectivity index (χ0n) is 12.4. The van der Waals surface area contributed by atoms with Crippen molar-refractivity contribution in [2.45, 2.75) is 47.1 Å². The average molecular weight is 251 g/mol. The standard InChI is InChI=1S/C14H26BNO2/c1-13(2,3)12-8-11(6-7-16-12)15-17-9-14(4,5)10-18-15/h8,12,16H,6-7,9-10H2,1-5H3. The van der Waals surface area contributed by atoms with Crippen molar-refractivity contribution in [2.24, 2.45) is 10.8 Å². The summed E-state index contributed by atoms with van der Waals surface area (Å²) in [6, 6.07) is 0.406. The van der Waals surface area contributed by atoms with Crippen LogP contribution in [0, 0.1) is 10.8 Å². The Morgan fingerprint density at radius 1 is 1.28 bits per heavy atom. The molecule has 0 aromatic carbocycles. The van der Waals surface area contributed by atoms with Crippen LogP contribution < -0.4 is 5.32 Å². The molecule has 4 heteroatoms. The summed E-state index contributed by atoms with van der Waals surface area (Å²) in [4.78, 5) is 0. The fourth-order valence-electron chi connectivity index (χ4n) is 2.39. The monoisotopic (exact) mass is 251 g/mol. The van der Waals surface area contributed by atoms with Crippen LogP contribution in [-0.2, 0) is 9.31 Å². The Balaban J connectivity index is 2.03. The van der Waals surface area contributed by atoms with Gasteiger partial charge in [-0.3, -0.25) is 0 Å². The van der Waals surface area contributed by atoms with Gasteiger partial charge in [0.25, 0.3) is 0 Å². The van der Waals surface area contributed by atoms with Crippen LogP contribution in [0.4, 0.5) is 0 Å². The SMILES string of the molecule is CC1(C)COB(C2=CC(C(C)(C)C)NCC2)OC1.